The van der Waals surface area contributed by atoms with E-state index in [4.69, 9.17) is 0 Å². The Bertz CT molecular complexity index is 662. The van der Waals surface area contributed by atoms with Gasteiger partial charge in [-0.1, -0.05) is 20.8 Å². The fourth-order valence-electron chi connectivity index (χ4n) is 3.18. The van der Waals surface area contributed by atoms with Crippen molar-refractivity contribution in [3.63, 3.8) is 0 Å². The van der Waals surface area contributed by atoms with E-state index in [-0.39, 0.29) is 5.41 Å². The number of carbonyl (C=O) groups is 1. The third kappa shape index (κ3) is 2.53. The van der Waals surface area contributed by atoms with Gasteiger partial charge in [0.05, 0.1) is 5.56 Å². The smallest absolute Gasteiger partial charge is 0.339 e. The van der Waals surface area contributed by atoms with Crippen LogP contribution in [0, 0.1) is 11.3 Å². The number of fused-ring (bicyclic) bond motifs is 1. The number of carboxylic acid groups (broad SMARTS) is 1. The third-order valence-electron chi connectivity index (χ3n) is 4.52. The summed E-state index contributed by atoms with van der Waals surface area (Å²) in [5.41, 5.74) is 1.86. The number of hydrogen-bond donors (Lipinski definition) is 1. The monoisotopic (exact) mass is 303 g/mol. The Morgan fingerprint density at radius 3 is 2.57 bits per heavy atom. The molecule has 0 fully saturated rings. The van der Waals surface area contributed by atoms with E-state index in [9.17, 15) is 9.90 Å². The maximum Gasteiger partial charge on any atom is 0.339 e. The van der Waals surface area contributed by atoms with Gasteiger partial charge in [0.25, 0.3) is 0 Å². The average molecular weight is 303 g/mol. The molecule has 2 aromatic rings. The molecule has 4 heteroatoms. The molecule has 2 heterocycles. The minimum absolute atomic E-state index is 0.276. The van der Waals surface area contributed by atoms with E-state index in [2.05, 4.69) is 20.8 Å². The lowest BCUT2D eigenvalue weighted by molar-refractivity contribution is 0.0695. The first-order valence-corrected chi connectivity index (χ1v) is 8.20. The Morgan fingerprint density at radius 2 is 2.00 bits per heavy atom. The molecule has 0 spiro atoms. The van der Waals surface area contributed by atoms with Crippen LogP contribution < -0.4 is 0 Å². The van der Waals surface area contributed by atoms with E-state index in [0.29, 0.717) is 11.5 Å². The van der Waals surface area contributed by atoms with Crippen LogP contribution in [0.1, 0.15) is 48.0 Å². The highest BCUT2D eigenvalue weighted by atomic mass is 32.1. The highest BCUT2D eigenvalue weighted by molar-refractivity contribution is 7.15. The highest BCUT2D eigenvalue weighted by Crippen LogP contribution is 2.43. The van der Waals surface area contributed by atoms with Crippen molar-refractivity contribution in [3.05, 3.63) is 40.5 Å². The van der Waals surface area contributed by atoms with Gasteiger partial charge in [0, 0.05) is 17.3 Å². The van der Waals surface area contributed by atoms with Gasteiger partial charge in [-0.05, 0) is 48.3 Å². The molecule has 2 aromatic heterocycles. The van der Waals surface area contributed by atoms with Gasteiger partial charge in [-0.2, -0.15) is 0 Å². The number of rotatable bonds is 2. The molecule has 0 aromatic carbocycles. The second-order valence-corrected chi connectivity index (χ2v) is 7.97. The first kappa shape index (κ1) is 14.4. The fourth-order valence-corrected chi connectivity index (χ4v) is 4.57. The highest BCUT2D eigenvalue weighted by Gasteiger charge is 2.33. The molecule has 0 bridgehead atoms. The number of carboxylic acids is 1. The maximum absolute atomic E-state index is 11.7. The van der Waals surface area contributed by atoms with Crippen LogP contribution in [0.25, 0.3) is 5.00 Å². The predicted molar refractivity (Wildman–Crippen MR) is 85.6 cm³/mol. The molecular weight excluding hydrogens is 282 g/mol. The minimum atomic E-state index is -0.801. The second kappa shape index (κ2) is 5.02. The Kier molecular flexibility index (Phi) is 3.44. The first-order chi connectivity index (χ1) is 9.88. The topological polar surface area (TPSA) is 42.2 Å². The maximum atomic E-state index is 11.7. The number of aromatic nitrogens is 1. The van der Waals surface area contributed by atoms with Crippen molar-refractivity contribution in [2.24, 2.45) is 11.3 Å². The number of thiophene rings is 1. The van der Waals surface area contributed by atoms with Gasteiger partial charge in [0.2, 0.25) is 0 Å². The van der Waals surface area contributed by atoms with E-state index >= 15 is 0 Å². The zero-order valence-electron chi connectivity index (χ0n) is 12.7. The van der Waals surface area contributed by atoms with Crippen molar-refractivity contribution in [1.29, 1.82) is 0 Å². The summed E-state index contributed by atoms with van der Waals surface area (Å²) in [5, 5.41) is 10.5. The zero-order chi connectivity index (χ0) is 15.2. The molecule has 0 radical (unpaired) electrons. The number of hydrogen-bond acceptors (Lipinski definition) is 2. The van der Waals surface area contributed by atoms with Gasteiger partial charge in [0.1, 0.15) is 5.00 Å². The first-order valence-electron chi connectivity index (χ1n) is 7.39. The molecule has 0 saturated heterocycles. The molecule has 1 aliphatic carbocycles. The fraction of sp³-hybridized carbons (Fsp3) is 0.471. The Labute approximate surface area is 129 Å². The molecule has 1 N–H and O–H groups in total. The molecule has 0 amide bonds. The van der Waals surface area contributed by atoms with Gasteiger partial charge in [-0.15, -0.1) is 11.3 Å². The van der Waals surface area contributed by atoms with Crippen LogP contribution in [0.4, 0.5) is 0 Å². The van der Waals surface area contributed by atoms with Crippen LogP contribution >= 0.6 is 11.3 Å². The summed E-state index contributed by atoms with van der Waals surface area (Å²) < 4.78 is 1.93. The predicted octanol–water partition coefficient (Wildman–Crippen LogP) is 4.39. The van der Waals surface area contributed by atoms with Crippen LogP contribution in [0.2, 0.25) is 0 Å². The lowest BCUT2D eigenvalue weighted by atomic mass is 9.72. The number of nitrogens with zero attached hydrogens (tertiary/aromatic N) is 1. The lowest BCUT2D eigenvalue weighted by Crippen LogP contribution is -2.26. The Morgan fingerprint density at radius 1 is 1.33 bits per heavy atom. The third-order valence-corrected chi connectivity index (χ3v) is 5.79. The Hall–Kier alpha value is -1.55. The lowest BCUT2D eigenvalue weighted by Gasteiger charge is -2.33. The van der Waals surface area contributed by atoms with Gasteiger partial charge in [-0.3, -0.25) is 0 Å². The van der Waals surface area contributed by atoms with Gasteiger partial charge in [-0.25, -0.2) is 4.79 Å². The molecule has 3 rings (SSSR count). The minimum Gasteiger partial charge on any atom is -0.478 e. The summed E-state index contributed by atoms with van der Waals surface area (Å²) >= 11 is 1.65. The normalized spacial score (nSPS) is 18.5. The summed E-state index contributed by atoms with van der Waals surface area (Å²) in [6, 6.07) is 3.87. The Balaban J connectivity index is 2.07. The standard InChI is InChI=1S/C17H21NO2S/c1-17(2,3)11-6-7-12-13(10-11)21-15(14(12)16(19)20)18-8-4-5-9-18/h4-5,8-9,11H,6-7,10H2,1-3H3,(H,19,20)/t11-/m1/s1. The molecule has 21 heavy (non-hydrogen) atoms. The van der Waals surface area contributed by atoms with Crippen LogP contribution in [-0.4, -0.2) is 15.6 Å². The van der Waals surface area contributed by atoms with Crippen molar-refractivity contribution >= 4 is 17.3 Å². The van der Waals surface area contributed by atoms with Crippen molar-refractivity contribution in [2.45, 2.75) is 40.0 Å². The van der Waals surface area contributed by atoms with Crippen molar-refractivity contribution in [2.75, 3.05) is 0 Å². The van der Waals surface area contributed by atoms with Gasteiger partial charge >= 0.3 is 5.97 Å². The molecule has 0 saturated carbocycles. The second-order valence-electron chi connectivity index (χ2n) is 6.89. The van der Waals surface area contributed by atoms with Gasteiger partial charge < -0.3 is 9.67 Å². The molecule has 112 valence electrons. The average Bonchev–Trinajstić information content (AvgIpc) is 3.03. The van der Waals surface area contributed by atoms with Crippen molar-refractivity contribution < 1.29 is 9.90 Å². The van der Waals surface area contributed by atoms with Crippen LogP contribution in [0.5, 0.6) is 0 Å². The van der Waals surface area contributed by atoms with Crippen molar-refractivity contribution in [1.82, 2.24) is 4.57 Å². The quantitative estimate of drug-likeness (QED) is 0.894. The molecule has 3 nitrogen and oxygen atoms in total. The van der Waals surface area contributed by atoms with E-state index in [1.165, 1.54) is 4.88 Å². The van der Waals surface area contributed by atoms with Crippen LogP contribution in [0.3, 0.4) is 0 Å². The number of aromatic carboxylic acids is 1. The summed E-state index contributed by atoms with van der Waals surface area (Å²) in [7, 11) is 0. The van der Waals surface area contributed by atoms with Crippen LogP contribution in [-0.2, 0) is 12.8 Å². The molecule has 0 aliphatic heterocycles. The zero-order valence-corrected chi connectivity index (χ0v) is 13.5. The molecule has 0 unspecified atom stereocenters. The SMILES string of the molecule is CC(C)(C)[C@@H]1CCc2c(sc(-n3cccc3)c2C(=O)O)C1. The van der Waals surface area contributed by atoms with Gasteiger partial charge in [0.15, 0.2) is 0 Å². The summed E-state index contributed by atoms with van der Waals surface area (Å²) in [6.45, 7) is 6.84. The van der Waals surface area contributed by atoms with E-state index < -0.39 is 5.97 Å². The summed E-state index contributed by atoms with van der Waals surface area (Å²) in [6.07, 6.45) is 6.82. The van der Waals surface area contributed by atoms with Crippen molar-refractivity contribution in [3.8, 4) is 5.00 Å². The summed E-state index contributed by atoms with van der Waals surface area (Å²) in [5.74, 6) is -0.173. The van der Waals surface area contributed by atoms with E-state index in [0.717, 1.165) is 29.8 Å². The van der Waals surface area contributed by atoms with E-state index in [1.807, 2.05) is 29.1 Å². The van der Waals surface area contributed by atoms with E-state index in [1.54, 1.807) is 11.3 Å². The summed E-state index contributed by atoms with van der Waals surface area (Å²) in [4.78, 5) is 13.0. The van der Waals surface area contributed by atoms with Crippen LogP contribution in [0.15, 0.2) is 24.5 Å². The largest absolute Gasteiger partial charge is 0.478 e. The molecule has 1 aliphatic rings. The molecular formula is C17H21NO2S. The molecule has 1 atom stereocenters.